The third-order valence-corrected chi connectivity index (χ3v) is 8.56. The van der Waals surface area contributed by atoms with E-state index in [-0.39, 0.29) is 32.7 Å². The molecule has 2 atom stereocenters. The Morgan fingerprint density at radius 3 is 2.91 bits per heavy atom. The number of aliphatic imine (C=N–C) groups is 1. The smallest absolute Gasteiger partial charge is 0.253 e. The van der Waals surface area contributed by atoms with Crippen molar-refractivity contribution in [2.24, 2.45) is 4.99 Å². The second-order valence-corrected chi connectivity index (χ2v) is 10.9. The maximum Gasteiger partial charge on any atom is 0.253 e. The zero-order valence-corrected chi connectivity index (χ0v) is 22.0. The number of hydrogen-bond acceptors (Lipinski definition) is 6. The first-order chi connectivity index (χ1) is 17.1. The number of rotatable bonds is 7. The molecule has 3 aromatic rings. The number of aromatic amines is 1. The number of carbonyl (C=O) groups excluding carboxylic acids is 1. The van der Waals surface area contributed by atoms with Crippen LogP contribution in [0.1, 0.15) is 33.9 Å². The van der Waals surface area contributed by atoms with Gasteiger partial charge in [0.2, 0.25) is 0 Å². The molecular weight excluding hydrogens is 555 g/mol. The maximum atomic E-state index is 12.9. The van der Waals surface area contributed by atoms with Gasteiger partial charge in [0.25, 0.3) is 5.91 Å². The van der Waals surface area contributed by atoms with Crippen molar-refractivity contribution in [3.63, 3.8) is 0 Å². The summed E-state index contributed by atoms with van der Waals surface area (Å²) in [7, 11) is 3.71. The largest absolute Gasteiger partial charge is 0.382 e. The number of anilines is 1. The van der Waals surface area contributed by atoms with Crippen LogP contribution in [0.4, 0.5) is 5.82 Å². The molecule has 1 amide bonds. The molecule has 8 nitrogen and oxygen atoms in total. The summed E-state index contributed by atoms with van der Waals surface area (Å²) in [5.41, 5.74) is 2.79. The van der Waals surface area contributed by atoms with Crippen LogP contribution in [0.3, 0.4) is 0 Å². The molecular formula is C26H29IN6O2. The second-order valence-electron chi connectivity index (χ2n) is 8.66. The number of amides is 1. The lowest BCUT2D eigenvalue weighted by atomic mass is 10.1. The van der Waals surface area contributed by atoms with Crippen molar-refractivity contribution in [2.45, 2.75) is 18.5 Å². The molecule has 0 spiro atoms. The van der Waals surface area contributed by atoms with Crippen molar-refractivity contribution in [3.8, 4) is 0 Å². The Hall–Kier alpha value is -3.05. The van der Waals surface area contributed by atoms with Crippen LogP contribution in [-0.2, 0) is 4.74 Å². The fraction of sp³-hybridized carbons (Fsp3) is 0.308. The molecule has 1 aromatic carbocycles. The average Bonchev–Trinajstić information content (AvgIpc) is 3.59. The number of nitrogens with zero attached hydrogens (tertiary/aromatic N) is 4. The van der Waals surface area contributed by atoms with Gasteiger partial charge in [0.05, 0.1) is 26.0 Å². The molecule has 0 aliphatic carbocycles. The van der Waals surface area contributed by atoms with Gasteiger partial charge in [-0.2, -0.15) is 0 Å². The standard InChI is InChI=1S/C26H29IN6O2/c1-32(20-11-13-33(15-20)25-21-10-12-28-24(21)27-17-30-25)23-9-8-19(14-29-23)26(34)31-22(16-35-2)18-6-4-3-5-7-18/h3-10,12,14,17,20,22,28H,11,13,15-16H2,1-2H3,(H,31,34)/t20-,22+/m1/s1. The summed E-state index contributed by atoms with van der Waals surface area (Å²) in [4.78, 5) is 30.2. The molecule has 35 heavy (non-hydrogen) atoms. The monoisotopic (exact) mass is 584 g/mol. The highest BCUT2D eigenvalue weighted by molar-refractivity contribution is 14.2. The van der Waals surface area contributed by atoms with Gasteiger partial charge in [0.1, 0.15) is 11.7 Å². The topological polar surface area (TPSA) is 85.9 Å². The van der Waals surface area contributed by atoms with Gasteiger partial charge >= 0.3 is 0 Å². The molecule has 2 aromatic heterocycles. The Kier molecular flexibility index (Phi) is 7.24. The lowest BCUT2D eigenvalue weighted by molar-refractivity contribution is 0.0896. The van der Waals surface area contributed by atoms with Crippen LogP contribution in [0.15, 0.2) is 65.9 Å². The molecule has 0 unspecified atom stereocenters. The number of methoxy groups -OCH3 is 1. The fourth-order valence-electron chi connectivity index (χ4n) is 4.53. The molecule has 0 bridgehead atoms. The summed E-state index contributed by atoms with van der Waals surface area (Å²) >= 11 is -0.157. The summed E-state index contributed by atoms with van der Waals surface area (Å²) in [6.45, 7) is 2.26. The van der Waals surface area contributed by atoms with E-state index in [2.05, 4.69) is 42.3 Å². The van der Waals surface area contributed by atoms with Crippen molar-refractivity contribution in [1.29, 1.82) is 0 Å². The lowest BCUT2D eigenvalue weighted by Crippen LogP contribution is -2.37. The molecule has 9 heteroatoms. The van der Waals surface area contributed by atoms with Gasteiger partial charge in [0, 0.05) is 51.2 Å². The maximum absolute atomic E-state index is 12.9. The summed E-state index contributed by atoms with van der Waals surface area (Å²) in [6, 6.07) is 15.8. The Labute approximate surface area is 215 Å². The minimum atomic E-state index is -0.219. The number of likely N-dealkylation sites (tertiary alicyclic amines) is 1. The third kappa shape index (κ3) is 5.15. The second kappa shape index (κ2) is 10.7. The van der Waals surface area contributed by atoms with Crippen molar-refractivity contribution in [3.05, 3.63) is 81.3 Å². The van der Waals surface area contributed by atoms with Gasteiger partial charge in [0.15, 0.2) is 0 Å². The van der Waals surface area contributed by atoms with Gasteiger partial charge < -0.3 is 24.8 Å². The van der Waals surface area contributed by atoms with Crippen LogP contribution in [0.25, 0.3) is 0 Å². The molecule has 2 aliphatic rings. The molecule has 2 N–H and O–H groups in total. The van der Waals surface area contributed by atoms with Crippen LogP contribution < -0.4 is 10.2 Å². The predicted molar refractivity (Wildman–Crippen MR) is 147 cm³/mol. The number of amidine groups is 1. The number of halogens is 1. The summed E-state index contributed by atoms with van der Waals surface area (Å²) in [5.74, 6) is 1.77. The summed E-state index contributed by atoms with van der Waals surface area (Å²) in [5, 5.41) is 3.06. The van der Waals surface area contributed by atoms with Gasteiger partial charge in [-0.3, -0.25) is 4.79 Å². The number of carbonyl (C=O) groups is 1. The first kappa shape index (κ1) is 23.7. The molecule has 0 saturated carbocycles. The number of fused-ring (bicyclic) bond motifs is 1. The van der Waals surface area contributed by atoms with Gasteiger partial charge in [-0.25, -0.2) is 9.98 Å². The van der Waals surface area contributed by atoms with Crippen molar-refractivity contribution in [1.82, 2.24) is 20.2 Å². The number of pyridine rings is 1. The predicted octanol–water partition coefficient (Wildman–Crippen LogP) is 3.40. The molecule has 4 heterocycles. The van der Waals surface area contributed by atoms with E-state index in [0.29, 0.717) is 18.2 Å². The van der Waals surface area contributed by atoms with Gasteiger partial charge in [-0.1, -0.05) is 30.3 Å². The van der Waals surface area contributed by atoms with Gasteiger partial charge in [-0.05, 0) is 50.9 Å². The third-order valence-electron chi connectivity index (χ3n) is 6.49. The van der Waals surface area contributed by atoms with E-state index in [4.69, 9.17) is 9.73 Å². The highest BCUT2D eigenvalue weighted by Crippen LogP contribution is 2.26. The number of nitrogens with one attached hydrogen (secondary N) is 2. The van der Waals surface area contributed by atoms with Crippen LogP contribution in [0.5, 0.6) is 0 Å². The molecule has 182 valence electrons. The van der Waals surface area contributed by atoms with Crippen molar-refractivity contribution in [2.75, 3.05) is 38.8 Å². The average molecular weight is 584 g/mol. The van der Waals surface area contributed by atoms with E-state index in [9.17, 15) is 4.79 Å². The van der Waals surface area contributed by atoms with Crippen LogP contribution in [0, 0.1) is 3.70 Å². The molecule has 1 saturated heterocycles. The van der Waals surface area contributed by atoms with Crippen molar-refractivity contribution < 1.29 is 9.53 Å². The highest BCUT2D eigenvalue weighted by atomic mass is 127. The first-order valence-corrected chi connectivity index (χ1v) is 14.0. The number of H-pyrrole nitrogens is 1. The van der Waals surface area contributed by atoms with E-state index in [1.165, 1.54) is 9.26 Å². The van der Waals surface area contributed by atoms with Gasteiger partial charge in [-0.15, -0.1) is 0 Å². The lowest BCUT2D eigenvalue weighted by Gasteiger charge is -2.27. The number of hydrogen-bond donors (Lipinski definition) is 2. The van der Waals surface area contributed by atoms with Crippen LogP contribution in [0.2, 0.25) is 0 Å². The number of ether oxygens (including phenoxy) is 1. The molecule has 5 rings (SSSR count). The Morgan fingerprint density at radius 1 is 1.29 bits per heavy atom. The van der Waals surface area contributed by atoms with Crippen LogP contribution >= 0.6 is 20.7 Å². The summed E-state index contributed by atoms with van der Waals surface area (Å²) < 4.78 is 8.74. The van der Waals surface area contributed by atoms with E-state index in [0.717, 1.165) is 36.7 Å². The highest BCUT2D eigenvalue weighted by Gasteiger charge is 2.30. The number of aromatic nitrogens is 2. The Bertz CT molecular complexity index is 1220. The normalized spacial score (nSPS) is 17.8. The SMILES string of the molecule is COC[C@H](NC(=O)c1ccc(N(C)[C@@H]2CCN(C3=NC=Ic4[nH]ccc43)C2)nc1)c1ccccc1. The van der Waals surface area contributed by atoms with E-state index in [1.54, 1.807) is 13.3 Å². The van der Waals surface area contributed by atoms with Crippen LogP contribution in [-0.4, -0.2) is 70.6 Å². The zero-order chi connectivity index (χ0) is 24.2. The Morgan fingerprint density at radius 2 is 2.14 bits per heavy atom. The molecule has 0 radical (unpaired) electrons. The minimum Gasteiger partial charge on any atom is -0.382 e. The number of likely N-dealkylation sites (N-methyl/N-ethyl adjacent to an activating group) is 1. The number of benzene rings is 1. The quantitative estimate of drug-likeness (QED) is 0.416. The minimum absolute atomic E-state index is 0.157. The van der Waals surface area contributed by atoms with E-state index < -0.39 is 0 Å². The zero-order valence-electron chi connectivity index (χ0n) is 19.8. The van der Waals surface area contributed by atoms with Crippen molar-refractivity contribution >= 4 is 42.4 Å². The van der Waals surface area contributed by atoms with E-state index >= 15 is 0 Å². The molecule has 1 fully saturated rings. The Balaban J connectivity index is 1.22. The first-order valence-electron chi connectivity index (χ1n) is 11.6. The molecule has 2 aliphatic heterocycles. The van der Waals surface area contributed by atoms with E-state index in [1.807, 2.05) is 48.7 Å². The fourth-order valence-corrected chi connectivity index (χ4v) is 6.33. The summed E-state index contributed by atoms with van der Waals surface area (Å²) in [6.07, 6.45) is 4.69.